The molecule has 0 atom stereocenters. The lowest BCUT2D eigenvalue weighted by atomic mass is 10.0. The van der Waals surface area contributed by atoms with Gasteiger partial charge in [0.05, 0.1) is 0 Å². The Hall–Kier alpha value is -0.960. The van der Waals surface area contributed by atoms with Crippen molar-refractivity contribution >= 4 is 17.2 Å². The Morgan fingerprint density at radius 2 is 1.80 bits per heavy atom. The van der Waals surface area contributed by atoms with Crippen molar-refractivity contribution in [3.8, 4) is 0 Å². The average Bonchev–Trinajstić information content (AvgIpc) is 2.14. The molecule has 1 aromatic carbocycles. The van der Waals surface area contributed by atoms with E-state index in [1.807, 2.05) is 0 Å². The monoisotopic (exact) mass is 234 g/mol. The van der Waals surface area contributed by atoms with Crippen molar-refractivity contribution in [2.45, 2.75) is 19.5 Å². The van der Waals surface area contributed by atoms with Crippen molar-refractivity contribution in [1.82, 2.24) is 0 Å². The van der Waals surface area contributed by atoms with Crippen molar-refractivity contribution in [2.24, 2.45) is 0 Å². The lowest BCUT2D eigenvalue weighted by molar-refractivity contribution is -0.0794. The fraction of sp³-hybridized carbons (Fsp3) is 0.273. The molecule has 0 unspecified atom stereocenters. The van der Waals surface area contributed by atoms with Crippen LogP contribution in [0.5, 0.6) is 0 Å². The molecule has 0 fully saturated rings. The lowest BCUT2D eigenvalue weighted by Crippen LogP contribution is -2.03. The van der Waals surface area contributed by atoms with Crippen LogP contribution in [0.1, 0.15) is 18.9 Å². The third-order valence-electron chi connectivity index (χ3n) is 1.93. The lowest BCUT2D eigenvalue weighted by Gasteiger charge is -2.07. The minimum Gasteiger partial charge on any atom is -0.167 e. The zero-order chi connectivity index (χ0) is 11.5. The highest BCUT2D eigenvalue weighted by molar-refractivity contribution is 6.30. The Kier molecular flexibility index (Phi) is 3.80. The molecule has 0 nitrogen and oxygen atoms in total. The van der Waals surface area contributed by atoms with Crippen LogP contribution in [0.15, 0.2) is 30.3 Å². The average molecular weight is 235 g/mol. The van der Waals surface area contributed by atoms with Crippen molar-refractivity contribution in [3.63, 3.8) is 0 Å². The number of benzene rings is 1. The van der Waals surface area contributed by atoms with Gasteiger partial charge < -0.3 is 0 Å². The van der Waals surface area contributed by atoms with Gasteiger partial charge in [0, 0.05) is 11.1 Å². The zero-order valence-corrected chi connectivity index (χ0v) is 8.86. The van der Waals surface area contributed by atoms with Gasteiger partial charge in [-0.2, -0.15) is 13.2 Å². The molecule has 0 amide bonds. The maximum atomic E-state index is 12.2. The smallest absolute Gasteiger partial charge is 0.167 e. The topological polar surface area (TPSA) is 0 Å². The summed E-state index contributed by atoms with van der Waals surface area (Å²) < 4.78 is 36.5. The van der Waals surface area contributed by atoms with Gasteiger partial charge in [0.2, 0.25) is 0 Å². The van der Waals surface area contributed by atoms with Gasteiger partial charge in [-0.1, -0.05) is 30.7 Å². The Morgan fingerprint density at radius 3 is 2.20 bits per heavy atom. The molecule has 1 aromatic rings. The molecular weight excluding hydrogens is 225 g/mol. The number of allylic oxidation sites excluding steroid dienone is 2. The molecule has 0 saturated carbocycles. The van der Waals surface area contributed by atoms with Gasteiger partial charge in [0.15, 0.2) is 0 Å². The molecule has 0 saturated heterocycles. The van der Waals surface area contributed by atoms with Crippen LogP contribution in [-0.2, 0) is 0 Å². The third-order valence-corrected chi connectivity index (χ3v) is 2.19. The highest BCUT2D eigenvalue weighted by Gasteiger charge is 2.24. The molecule has 0 spiro atoms. The van der Waals surface area contributed by atoms with Gasteiger partial charge in [-0.15, -0.1) is 0 Å². The molecule has 0 aromatic heterocycles. The second kappa shape index (κ2) is 4.71. The largest absolute Gasteiger partial charge is 0.410 e. The van der Waals surface area contributed by atoms with Crippen molar-refractivity contribution < 1.29 is 13.2 Å². The number of hydrogen-bond donors (Lipinski definition) is 0. The summed E-state index contributed by atoms with van der Waals surface area (Å²) in [5.41, 5.74) is 0.818. The summed E-state index contributed by atoms with van der Waals surface area (Å²) in [7, 11) is 0. The van der Waals surface area contributed by atoms with Crippen molar-refractivity contribution in [1.29, 1.82) is 0 Å². The maximum absolute atomic E-state index is 12.2. The van der Waals surface area contributed by atoms with Crippen molar-refractivity contribution in [3.05, 3.63) is 40.9 Å². The highest BCUT2D eigenvalue weighted by atomic mass is 35.5. The van der Waals surface area contributed by atoms with Crippen LogP contribution in [0.25, 0.3) is 5.57 Å². The molecule has 1 rings (SSSR count). The van der Waals surface area contributed by atoms with Crippen LogP contribution in [-0.4, -0.2) is 6.18 Å². The van der Waals surface area contributed by atoms with E-state index in [9.17, 15) is 13.2 Å². The van der Waals surface area contributed by atoms with E-state index >= 15 is 0 Å². The molecule has 15 heavy (non-hydrogen) atoms. The van der Waals surface area contributed by atoms with E-state index in [0.29, 0.717) is 23.1 Å². The van der Waals surface area contributed by atoms with Crippen LogP contribution in [0, 0.1) is 0 Å². The minimum absolute atomic E-state index is 0.263. The predicted octanol–water partition coefficient (Wildman–Crippen LogP) is 4.70. The molecule has 82 valence electrons. The molecule has 0 heterocycles. The normalized spacial score (nSPS) is 13.0. The maximum Gasteiger partial charge on any atom is 0.410 e. The summed E-state index contributed by atoms with van der Waals surface area (Å²) in [6, 6.07) is 6.33. The molecule has 4 heteroatoms. The first-order valence-corrected chi connectivity index (χ1v) is 4.84. The van der Waals surface area contributed by atoms with E-state index < -0.39 is 6.18 Å². The van der Waals surface area contributed by atoms with Gasteiger partial charge in [-0.3, -0.25) is 0 Å². The van der Waals surface area contributed by atoms with Gasteiger partial charge in [0.1, 0.15) is 0 Å². The first kappa shape index (κ1) is 12.1. The van der Waals surface area contributed by atoms with Gasteiger partial charge in [-0.25, -0.2) is 0 Å². The quantitative estimate of drug-likeness (QED) is 0.696. The molecular formula is C11H10ClF3. The molecule has 0 bridgehead atoms. The number of alkyl halides is 3. The highest BCUT2D eigenvalue weighted by Crippen LogP contribution is 2.26. The van der Waals surface area contributed by atoms with Gasteiger partial charge in [0.25, 0.3) is 0 Å². The van der Waals surface area contributed by atoms with E-state index in [1.165, 1.54) is 0 Å². The molecule has 0 aliphatic carbocycles. The molecule has 0 aliphatic rings. The molecule has 0 N–H and O–H groups in total. The van der Waals surface area contributed by atoms with E-state index in [1.54, 1.807) is 31.2 Å². The Labute approximate surface area is 91.4 Å². The third kappa shape index (κ3) is 3.96. The fourth-order valence-corrected chi connectivity index (χ4v) is 1.38. The summed E-state index contributed by atoms with van der Waals surface area (Å²) in [6.45, 7) is 1.69. The van der Waals surface area contributed by atoms with E-state index in [-0.39, 0.29) is 5.57 Å². The number of rotatable bonds is 2. The minimum atomic E-state index is -4.27. The van der Waals surface area contributed by atoms with Gasteiger partial charge in [-0.05, 0) is 29.7 Å². The van der Waals surface area contributed by atoms with Crippen LogP contribution >= 0.6 is 11.6 Å². The van der Waals surface area contributed by atoms with Crippen LogP contribution in [0.3, 0.4) is 0 Å². The second-order valence-corrected chi connectivity index (χ2v) is 3.51. The molecule has 0 aliphatic heterocycles. The Balaban J connectivity index is 3.03. The number of hydrogen-bond acceptors (Lipinski definition) is 0. The van der Waals surface area contributed by atoms with Crippen LogP contribution in [0.2, 0.25) is 5.02 Å². The fourth-order valence-electron chi connectivity index (χ4n) is 1.25. The Bertz CT molecular complexity index is 349. The van der Waals surface area contributed by atoms with Gasteiger partial charge >= 0.3 is 6.18 Å². The summed E-state index contributed by atoms with van der Waals surface area (Å²) in [5.74, 6) is 0. The standard InChI is InChI=1S/C11H10ClF3/c1-2-8(7-11(13,14)15)9-3-5-10(12)6-4-9/h3-7H,2H2,1H3/b8-7-. The van der Waals surface area contributed by atoms with E-state index in [2.05, 4.69) is 0 Å². The van der Waals surface area contributed by atoms with E-state index in [4.69, 9.17) is 11.6 Å². The number of halogens is 4. The van der Waals surface area contributed by atoms with E-state index in [0.717, 1.165) is 0 Å². The SMILES string of the molecule is CC/C(=C/C(F)(F)F)c1ccc(Cl)cc1. The summed E-state index contributed by atoms with van der Waals surface area (Å²) in [4.78, 5) is 0. The summed E-state index contributed by atoms with van der Waals surface area (Å²) in [5, 5.41) is 0.515. The summed E-state index contributed by atoms with van der Waals surface area (Å²) in [6.07, 6.45) is -3.61. The predicted molar refractivity (Wildman–Crippen MR) is 55.8 cm³/mol. The second-order valence-electron chi connectivity index (χ2n) is 3.07. The summed E-state index contributed by atoms with van der Waals surface area (Å²) >= 11 is 5.65. The molecule has 0 radical (unpaired) electrons. The first-order chi connectivity index (χ1) is 6.92. The van der Waals surface area contributed by atoms with Crippen LogP contribution in [0.4, 0.5) is 13.2 Å². The Morgan fingerprint density at radius 1 is 1.27 bits per heavy atom. The van der Waals surface area contributed by atoms with Crippen LogP contribution < -0.4 is 0 Å². The van der Waals surface area contributed by atoms with Crippen molar-refractivity contribution in [2.75, 3.05) is 0 Å². The first-order valence-electron chi connectivity index (χ1n) is 4.47. The zero-order valence-electron chi connectivity index (χ0n) is 8.11.